The van der Waals surface area contributed by atoms with E-state index in [4.69, 9.17) is 5.73 Å². The van der Waals surface area contributed by atoms with Crippen LogP contribution in [0.2, 0.25) is 0 Å². The second-order valence-corrected chi connectivity index (χ2v) is 4.68. The lowest BCUT2D eigenvalue weighted by molar-refractivity contribution is -0.133. The summed E-state index contributed by atoms with van der Waals surface area (Å²) in [5.74, 6) is -0.275. The molecule has 1 rings (SSSR count). The number of nitrogens with one attached hydrogen (secondary N) is 1. The molecule has 0 radical (unpaired) electrons. The average Bonchev–Trinajstić information content (AvgIpc) is 2.36. The Morgan fingerprint density at radius 1 is 1.32 bits per heavy atom. The highest BCUT2D eigenvalue weighted by molar-refractivity contribution is 5.94. The van der Waals surface area contributed by atoms with Gasteiger partial charge in [-0.15, -0.1) is 0 Å². The van der Waals surface area contributed by atoms with Crippen molar-refractivity contribution in [3.63, 3.8) is 0 Å². The highest BCUT2D eigenvalue weighted by Crippen LogP contribution is 2.05. The molecule has 0 aromatic heterocycles. The maximum Gasteiger partial charge on any atom is 0.243 e. The summed E-state index contributed by atoms with van der Waals surface area (Å²) in [7, 11) is 1.62. The minimum Gasteiger partial charge on any atom is -0.336 e. The first-order valence-corrected chi connectivity index (χ1v) is 6.33. The van der Waals surface area contributed by atoms with Crippen molar-refractivity contribution >= 4 is 17.5 Å². The molecular formula is C14H21N3O2. The summed E-state index contributed by atoms with van der Waals surface area (Å²) in [5, 5.41) is 2.74. The molecule has 0 saturated heterocycles. The predicted octanol–water partition coefficient (Wildman–Crippen LogP) is 1.21. The number of nitrogens with zero attached hydrogens (tertiary/aromatic N) is 1. The maximum absolute atomic E-state index is 11.7. The van der Waals surface area contributed by atoms with Crippen molar-refractivity contribution in [2.45, 2.75) is 25.8 Å². The number of hydrogen-bond acceptors (Lipinski definition) is 3. The van der Waals surface area contributed by atoms with Crippen LogP contribution in [0.4, 0.5) is 5.69 Å². The second-order valence-electron chi connectivity index (χ2n) is 4.68. The van der Waals surface area contributed by atoms with E-state index in [0.29, 0.717) is 12.8 Å². The van der Waals surface area contributed by atoms with Gasteiger partial charge in [-0.2, -0.15) is 0 Å². The second kappa shape index (κ2) is 7.53. The largest absolute Gasteiger partial charge is 0.336 e. The first-order valence-electron chi connectivity index (χ1n) is 6.33. The van der Waals surface area contributed by atoms with Crippen molar-refractivity contribution in [1.82, 2.24) is 4.90 Å². The van der Waals surface area contributed by atoms with Gasteiger partial charge in [-0.25, -0.2) is 0 Å². The monoisotopic (exact) mass is 263 g/mol. The molecule has 0 bridgehead atoms. The fraction of sp³-hybridized carbons (Fsp3) is 0.429. The van der Waals surface area contributed by atoms with Crippen molar-refractivity contribution in [2.24, 2.45) is 5.73 Å². The summed E-state index contributed by atoms with van der Waals surface area (Å²) < 4.78 is 0. The molecule has 1 unspecified atom stereocenters. The maximum atomic E-state index is 11.7. The number of likely N-dealkylation sites (N-methyl/N-ethyl adjacent to an activating group) is 1. The number of para-hydroxylation sites is 1. The fourth-order valence-electron chi connectivity index (χ4n) is 1.57. The van der Waals surface area contributed by atoms with Crippen LogP contribution in [0, 0.1) is 0 Å². The highest BCUT2D eigenvalue weighted by Gasteiger charge is 2.13. The van der Waals surface area contributed by atoms with Gasteiger partial charge in [-0.05, 0) is 25.5 Å². The third kappa shape index (κ3) is 6.01. The number of hydrogen-bond donors (Lipinski definition) is 2. The molecule has 2 amide bonds. The third-order valence-electron chi connectivity index (χ3n) is 2.68. The van der Waals surface area contributed by atoms with E-state index in [9.17, 15) is 9.59 Å². The topological polar surface area (TPSA) is 75.4 Å². The lowest BCUT2D eigenvalue weighted by atomic mass is 10.2. The predicted molar refractivity (Wildman–Crippen MR) is 75.6 cm³/mol. The van der Waals surface area contributed by atoms with Crippen LogP contribution in [-0.4, -0.2) is 36.3 Å². The first-order chi connectivity index (χ1) is 8.99. The minimum absolute atomic E-state index is 0.00417. The van der Waals surface area contributed by atoms with Gasteiger partial charge in [0.15, 0.2) is 0 Å². The van der Waals surface area contributed by atoms with Crippen LogP contribution >= 0.6 is 0 Å². The Hall–Kier alpha value is -1.88. The molecule has 104 valence electrons. The van der Waals surface area contributed by atoms with E-state index in [1.54, 1.807) is 19.2 Å². The molecule has 5 nitrogen and oxygen atoms in total. The number of carbonyl (C=O) groups excluding carboxylic acids is 2. The Kier molecular flexibility index (Phi) is 6.02. The van der Waals surface area contributed by atoms with Crippen molar-refractivity contribution < 1.29 is 9.59 Å². The molecule has 1 atom stereocenters. The molecule has 0 aliphatic carbocycles. The standard InChI is InChI=1S/C14H21N3O2/c1-11(15)8-9-14(19)17(2)10-13(18)16-12-6-4-3-5-7-12/h3-7,11H,8-10,15H2,1-2H3,(H,16,18). The van der Waals surface area contributed by atoms with Crippen molar-refractivity contribution in [3.05, 3.63) is 30.3 Å². The fourth-order valence-corrected chi connectivity index (χ4v) is 1.57. The number of rotatable bonds is 6. The van der Waals surface area contributed by atoms with E-state index in [1.165, 1.54) is 4.90 Å². The summed E-state index contributed by atoms with van der Waals surface area (Å²) in [5.41, 5.74) is 6.32. The van der Waals surface area contributed by atoms with Gasteiger partial charge in [0.2, 0.25) is 11.8 Å². The molecule has 1 aromatic rings. The summed E-state index contributed by atoms with van der Waals surface area (Å²) in [6.45, 7) is 1.90. The van der Waals surface area contributed by atoms with E-state index in [-0.39, 0.29) is 24.4 Å². The number of anilines is 1. The number of amides is 2. The molecule has 19 heavy (non-hydrogen) atoms. The quantitative estimate of drug-likeness (QED) is 0.810. The lowest BCUT2D eigenvalue weighted by Gasteiger charge is -2.17. The molecule has 0 aliphatic heterocycles. The van der Waals surface area contributed by atoms with Crippen molar-refractivity contribution in [1.29, 1.82) is 0 Å². The highest BCUT2D eigenvalue weighted by atomic mass is 16.2. The van der Waals surface area contributed by atoms with Gasteiger partial charge in [-0.1, -0.05) is 18.2 Å². The van der Waals surface area contributed by atoms with Gasteiger partial charge in [0.1, 0.15) is 0 Å². The zero-order valence-corrected chi connectivity index (χ0v) is 11.4. The van der Waals surface area contributed by atoms with Crippen LogP contribution < -0.4 is 11.1 Å². The Morgan fingerprint density at radius 2 is 1.95 bits per heavy atom. The minimum atomic E-state index is -0.206. The molecule has 1 aromatic carbocycles. The Bertz CT molecular complexity index is 418. The summed E-state index contributed by atoms with van der Waals surface area (Å²) in [6, 6.07) is 9.15. The molecular weight excluding hydrogens is 242 g/mol. The van der Waals surface area contributed by atoms with E-state index in [1.807, 2.05) is 25.1 Å². The van der Waals surface area contributed by atoms with Gasteiger partial charge in [-0.3, -0.25) is 9.59 Å². The summed E-state index contributed by atoms with van der Waals surface area (Å²) in [4.78, 5) is 24.9. The van der Waals surface area contributed by atoms with Crippen LogP contribution in [0.3, 0.4) is 0 Å². The van der Waals surface area contributed by atoms with Crippen LogP contribution in [0.25, 0.3) is 0 Å². The van der Waals surface area contributed by atoms with E-state index in [2.05, 4.69) is 5.32 Å². The van der Waals surface area contributed by atoms with Crippen LogP contribution in [0.15, 0.2) is 30.3 Å². The molecule has 0 saturated carbocycles. The smallest absolute Gasteiger partial charge is 0.243 e. The SMILES string of the molecule is CC(N)CCC(=O)N(C)CC(=O)Nc1ccccc1. The van der Waals surface area contributed by atoms with Gasteiger partial charge < -0.3 is 16.0 Å². The zero-order valence-electron chi connectivity index (χ0n) is 11.4. The number of carbonyl (C=O) groups is 2. The lowest BCUT2D eigenvalue weighted by Crippen LogP contribution is -2.35. The summed E-state index contributed by atoms with van der Waals surface area (Å²) >= 11 is 0. The van der Waals surface area contributed by atoms with Crippen molar-refractivity contribution in [3.8, 4) is 0 Å². The zero-order chi connectivity index (χ0) is 14.3. The first kappa shape index (κ1) is 15.2. The van der Waals surface area contributed by atoms with E-state index < -0.39 is 0 Å². The number of benzene rings is 1. The average molecular weight is 263 g/mol. The molecule has 0 heterocycles. The van der Waals surface area contributed by atoms with Crippen LogP contribution in [0.5, 0.6) is 0 Å². The van der Waals surface area contributed by atoms with E-state index in [0.717, 1.165) is 5.69 Å². The third-order valence-corrected chi connectivity index (χ3v) is 2.68. The van der Waals surface area contributed by atoms with Crippen LogP contribution in [-0.2, 0) is 9.59 Å². The van der Waals surface area contributed by atoms with Gasteiger partial charge >= 0.3 is 0 Å². The molecule has 0 fully saturated rings. The molecule has 0 aliphatic rings. The van der Waals surface area contributed by atoms with Crippen molar-refractivity contribution in [2.75, 3.05) is 18.9 Å². The Balaban J connectivity index is 2.37. The number of nitrogens with two attached hydrogens (primary N) is 1. The molecule has 3 N–H and O–H groups in total. The van der Waals surface area contributed by atoms with Gasteiger partial charge in [0.25, 0.3) is 0 Å². The normalized spacial score (nSPS) is 11.7. The van der Waals surface area contributed by atoms with Crippen LogP contribution in [0.1, 0.15) is 19.8 Å². The molecule has 5 heteroatoms. The Morgan fingerprint density at radius 3 is 2.53 bits per heavy atom. The van der Waals surface area contributed by atoms with E-state index >= 15 is 0 Å². The van der Waals surface area contributed by atoms with Gasteiger partial charge in [0, 0.05) is 25.2 Å². The van der Waals surface area contributed by atoms with Gasteiger partial charge in [0.05, 0.1) is 6.54 Å². The molecule has 0 spiro atoms. The summed E-state index contributed by atoms with van der Waals surface area (Å²) in [6.07, 6.45) is 0.996. The Labute approximate surface area is 113 Å².